The Bertz CT molecular complexity index is 705. The van der Waals surface area contributed by atoms with E-state index < -0.39 is 24.0 Å². The van der Waals surface area contributed by atoms with Crippen molar-refractivity contribution in [2.24, 2.45) is 5.73 Å². The lowest BCUT2D eigenvalue weighted by atomic mass is 10.0. The molecular weight excluding hydrogens is 317 g/mol. The van der Waals surface area contributed by atoms with Gasteiger partial charge in [0, 0.05) is 6.54 Å². The maximum absolute atomic E-state index is 12.9. The molecule has 0 aliphatic rings. The Hall–Kier alpha value is -2.48. The lowest BCUT2D eigenvalue weighted by Crippen LogP contribution is -2.27. The molecule has 0 spiro atoms. The molecule has 4 N–H and O–H groups in total. The van der Waals surface area contributed by atoms with Gasteiger partial charge in [-0.2, -0.15) is 0 Å². The quantitative estimate of drug-likeness (QED) is 0.545. The summed E-state index contributed by atoms with van der Waals surface area (Å²) in [6.07, 6.45) is -2.31. The number of hydrogen-bond acceptors (Lipinski definition) is 6. The highest BCUT2D eigenvalue weighted by Gasteiger charge is 2.20. The zero-order chi connectivity index (χ0) is 17.7. The molecule has 2 rings (SSSR count). The zero-order valence-electron chi connectivity index (χ0n) is 13.0. The van der Waals surface area contributed by atoms with Crippen LogP contribution in [0.25, 0.3) is 0 Å². The smallest absolute Gasteiger partial charge is 0.343 e. The highest BCUT2D eigenvalue weighted by Crippen LogP contribution is 2.31. The molecule has 2 aromatic rings. The molecule has 0 heterocycles. The van der Waals surface area contributed by atoms with Gasteiger partial charge in [0.05, 0.1) is 18.8 Å². The average molecular weight is 335 g/mol. The summed E-state index contributed by atoms with van der Waals surface area (Å²) in [5.41, 5.74) is 5.86. The molecule has 0 aliphatic heterocycles. The van der Waals surface area contributed by atoms with E-state index in [9.17, 15) is 19.4 Å². The van der Waals surface area contributed by atoms with Crippen LogP contribution in [0.3, 0.4) is 0 Å². The summed E-state index contributed by atoms with van der Waals surface area (Å²) < 4.78 is 23.3. The van der Waals surface area contributed by atoms with Crippen molar-refractivity contribution in [3.05, 3.63) is 59.4 Å². The van der Waals surface area contributed by atoms with Gasteiger partial charge >= 0.3 is 5.97 Å². The highest BCUT2D eigenvalue weighted by molar-refractivity contribution is 5.91. The number of halogens is 1. The number of carbonyl (C=O) groups excluding carboxylic acids is 1. The van der Waals surface area contributed by atoms with Crippen molar-refractivity contribution in [3.8, 4) is 11.5 Å². The minimum Gasteiger partial charge on any atom is -0.493 e. The van der Waals surface area contributed by atoms with Crippen LogP contribution in [-0.4, -0.2) is 35.9 Å². The second-order valence-corrected chi connectivity index (χ2v) is 5.05. The first-order chi connectivity index (χ1) is 11.5. The normalized spacial score (nSPS) is 13.2. The molecular formula is C17H18FNO5. The number of benzene rings is 2. The van der Waals surface area contributed by atoms with Gasteiger partial charge in [0.2, 0.25) is 0 Å². The van der Waals surface area contributed by atoms with E-state index in [0.717, 1.165) is 12.1 Å². The topological polar surface area (TPSA) is 102 Å². The van der Waals surface area contributed by atoms with Crippen LogP contribution >= 0.6 is 0 Å². The summed E-state index contributed by atoms with van der Waals surface area (Å²) in [6, 6.07) is 9.28. The number of methoxy groups -OCH3 is 1. The van der Waals surface area contributed by atoms with Crippen molar-refractivity contribution >= 4 is 5.97 Å². The van der Waals surface area contributed by atoms with E-state index in [1.54, 1.807) is 0 Å². The molecule has 0 aliphatic carbocycles. The monoisotopic (exact) mass is 335 g/mol. The minimum absolute atomic E-state index is 0.106. The van der Waals surface area contributed by atoms with Crippen LogP contribution in [0, 0.1) is 5.82 Å². The molecule has 2 atom stereocenters. The summed E-state index contributed by atoms with van der Waals surface area (Å²) >= 11 is 0. The number of rotatable bonds is 6. The van der Waals surface area contributed by atoms with Gasteiger partial charge in [-0.15, -0.1) is 0 Å². The maximum atomic E-state index is 12.9. The standard InChI is InChI=1S/C17H18FNO5/c1-23-15-8-11(16(21)13(20)9-19)4-7-14(15)24-17(22)10-2-5-12(18)6-3-10/h2-8,13,16,20-21H,9,19H2,1H3. The Morgan fingerprint density at radius 2 is 1.83 bits per heavy atom. The van der Waals surface area contributed by atoms with E-state index >= 15 is 0 Å². The van der Waals surface area contributed by atoms with Crippen molar-refractivity contribution in [2.75, 3.05) is 13.7 Å². The van der Waals surface area contributed by atoms with Gasteiger partial charge in [0.1, 0.15) is 11.9 Å². The predicted molar refractivity (Wildman–Crippen MR) is 84.4 cm³/mol. The summed E-state index contributed by atoms with van der Waals surface area (Å²) in [6.45, 7) is -0.106. The minimum atomic E-state index is -1.19. The van der Waals surface area contributed by atoms with Gasteiger partial charge in [-0.3, -0.25) is 0 Å². The van der Waals surface area contributed by atoms with Crippen molar-refractivity contribution in [3.63, 3.8) is 0 Å². The number of aliphatic hydroxyl groups excluding tert-OH is 2. The fourth-order valence-corrected chi connectivity index (χ4v) is 2.05. The van der Waals surface area contributed by atoms with Crippen LogP contribution in [0.1, 0.15) is 22.0 Å². The van der Waals surface area contributed by atoms with Crippen molar-refractivity contribution < 1.29 is 28.9 Å². The fraction of sp³-hybridized carbons (Fsp3) is 0.235. The lowest BCUT2D eigenvalue weighted by Gasteiger charge is -2.18. The number of nitrogens with two attached hydrogens (primary N) is 1. The van der Waals surface area contributed by atoms with Crippen LogP contribution in [0.2, 0.25) is 0 Å². The van der Waals surface area contributed by atoms with E-state index in [-0.39, 0.29) is 23.6 Å². The van der Waals surface area contributed by atoms with E-state index in [4.69, 9.17) is 15.2 Å². The molecule has 0 aromatic heterocycles. The van der Waals surface area contributed by atoms with Crippen LogP contribution in [0.4, 0.5) is 4.39 Å². The van der Waals surface area contributed by atoms with Crippen LogP contribution in [-0.2, 0) is 0 Å². The van der Waals surface area contributed by atoms with Gasteiger partial charge in [0.25, 0.3) is 0 Å². The summed E-state index contributed by atoms with van der Waals surface area (Å²) in [5.74, 6) is -0.805. The Morgan fingerprint density at radius 1 is 1.17 bits per heavy atom. The molecule has 0 saturated carbocycles. The molecule has 0 radical (unpaired) electrons. The Kier molecular flexibility index (Phi) is 5.86. The third-order valence-corrected chi connectivity index (χ3v) is 3.42. The average Bonchev–Trinajstić information content (AvgIpc) is 2.61. The third-order valence-electron chi connectivity index (χ3n) is 3.42. The lowest BCUT2D eigenvalue weighted by molar-refractivity contribution is 0.0242. The third kappa shape index (κ3) is 4.08. The first kappa shape index (κ1) is 17.9. The van der Waals surface area contributed by atoms with E-state index in [2.05, 4.69) is 0 Å². The number of ether oxygens (including phenoxy) is 2. The van der Waals surface area contributed by atoms with Crippen LogP contribution in [0.15, 0.2) is 42.5 Å². The van der Waals surface area contributed by atoms with Crippen LogP contribution < -0.4 is 15.2 Å². The van der Waals surface area contributed by atoms with Gasteiger partial charge in [-0.05, 0) is 42.0 Å². The summed E-state index contributed by atoms with van der Waals surface area (Å²) in [4.78, 5) is 12.1. The molecule has 0 fully saturated rings. The van der Waals surface area contributed by atoms with Gasteiger partial charge in [0.15, 0.2) is 11.5 Å². The van der Waals surface area contributed by atoms with E-state index in [1.165, 1.54) is 37.4 Å². The summed E-state index contributed by atoms with van der Waals surface area (Å²) in [5, 5.41) is 19.6. The zero-order valence-corrected chi connectivity index (χ0v) is 13.0. The van der Waals surface area contributed by atoms with Gasteiger partial charge in [-0.25, -0.2) is 9.18 Å². The van der Waals surface area contributed by atoms with Crippen molar-refractivity contribution in [2.45, 2.75) is 12.2 Å². The SMILES string of the molecule is COc1cc(C(O)C(O)CN)ccc1OC(=O)c1ccc(F)cc1. The molecule has 128 valence electrons. The molecule has 0 bridgehead atoms. The number of aliphatic hydroxyl groups is 2. The second-order valence-electron chi connectivity index (χ2n) is 5.05. The van der Waals surface area contributed by atoms with Crippen molar-refractivity contribution in [1.29, 1.82) is 0 Å². The molecule has 6 nitrogen and oxygen atoms in total. The molecule has 0 amide bonds. The van der Waals surface area contributed by atoms with Crippen molar-refractivity contribution in [1.82, 2.24) is 0 Å². The second kappa shape index (κ2) is 7.87. The Morgan fingerprint density at radius 3 is 2.42 bits per heavy atom. The Balaban J connectivity index is 2.21. The molecule has 2 unspecified atom stereocenters. The van der Waals surface area contributed by atoms with Gasteiger partial charge in [-0.1, -0.05) is 6.07 Å². The van der Waals surface area contributed by atoms with E-state index in [0.29, 0.717) is 5.56 Å². The first-order valence-corrected chi connectivity index (χ1v) is 7.18. The van der Waals surface area contributed by atoms with E-state index in [1.807, 2.05) is 0 Å². The largest absolute Gasteiger partial charge is 0.493 e. The number of carbonyl (C=O) groups is 1. The highest BCUT2D eigenvalue weighted by atomic mass is 19.1. The van der Waals surface area contributed by atoms with Gasteiger partial charge < -0.3 is 25.4 Å². The summed E-state index contributed by atoms with van der Waals surface area (Å²) in [7, 11) is 1.38. The first-order valence-electron chi connectivity index (χ1n) is 7.18. The Labute approximate surface area is 138 Å². The molecule has 24 heavy (non-hydrogen) atoms. The molecule has 2 aromatic carbocycles. The number of esters is 1. The molecule has 7 heteroatoms. The maximum Gasteiger partial charge on any atom is 0.343 e. The van der Waals surface area contributed by atoms with Crippen LogP contribution in [0.5, 0.6) is 11.5 Å². The fourth-order valence-electron chi connectivity index (χ4n) is 2.05. The predicted octanol–water partition coefficient (Wildman–Crippen LogP) is 1.41. The number of hydrogen-bond donors (Lipinski definition) is 3. The molecule has 0 saturated heterocycles.